The standard InChI is InChI=1S/C20H25FN4O/c1-14-10-19(15-4-2-5-16(21)11-15)24(13-14)20(26)18-7-9-25(23-18)17-6-3-8-22-12-17/h2,4-5,7,9,11,14,17,19,22H,3,6,8,10,12-13H2,1H3. The fourth-order valence-electron chi connectivity index (χ4n) is 4.16. The van der Waals surface area contributed by atoms with Crippen LogP contribution >= 0.6 is 0 Å². The zero-order chi connectivity index (χ0) is 18.1. The Bertz CT molecular complexity index is 784. The van der Waals surface area contributed by atoms with Crippen molar-refractivity contribution >= 4 is 5.91 Å². The first kappa shape index (κ1) is 17.2. The molecule has 1 aromatic heterocycles. The van der Waals surface area contributed by atoms with Gasteiger partial charge in [0.1, 0.15) is 11.5 Å². The summed E-state index contributed by atoms with van der Waals surface area (Å²) in [5.41, 5.74) is 1.34. The van der Waals surface area contributed by atoms with Gasteiger partial charge in [0.2, 0.25) is 0 Å². The SMILES string of the molecule is CC1CC(c2cccc(F)c2)N(C(=O)c2ccn(C3CCCNC3)n2)C1. The van der Waals surface area contributed by atoms with Crippen LogP contribution in [0.3, 0.4) is 0 Å². The molecule has 0 radical (unpaired) electrons. The largest absolute Gasteiger partial charge is 0.330 e. The minimum Gasteiger partial charge on any atom is -0.330 e. The summed E-state index contributed by atoms with van der Waals surface area (Å²) in [6.45, 7) is 4.75. The topological polar surface area (TPSA) is 50.2 Å². The van der Waals surface area contributed by atoms with Crippen LogP contribution < -0.4 is 5.32 Å². The van der Waals surface area contributed by atoms with Gasteiger partial charge in [-0.2, -0.15) is 5.10 Å². The third kappa shape index (κ3) is 3.38. The monoisotopic (exact) mass is 356 g/mol. The van der Waals surface area contributed by atoms with Gasteiger partial charge in [-0.1, -0.05) is 19.1 Å². The number of rotatable bonds is 3. The molecule has 3 heterocycles. The number of benzene rings is 1. The molecule has 2 fully saturated rings. The molecule has 0 bridgehead atoms. The van der Waals surface area contributed by atoms with Crippen molar-refractivity contribution in [1.82, 2.24) is 20.0 Å². The normalized spacial score (nSPS) is 26.2. The van der Waals surface area contributed by atoms with Crippen LogP contribution in [0.2, 0.25) is 0 Å². The Labute approximate surface area is 153 Å². The molecule has 2 aromatic rings. The van der Waals surface area contributed by atoms with Crippen LogP contribution in [0.1, 0.15) is 54.3 Å². The summed E-state index contributed by atoms with van der Waals surface area (Å²) in [5, 5.41) is 7.94. The van der Waals surface area contributed by atoms with Gasteiger partial charge in [-0.3, -0.25) is 9.48 Å². The smallest absolute Gasteiger partial charge is 0.274 e. The lowest BCUT2D eigenvalue weighted by atomic mass is 10.0. The highest BCUT2D eigenvalue weighted by Crippen LogP contribution is 2.36. The number of hydrogen-bond acceptors (Lipinski definition) is 3. The van der Waals surface area contributed by atoms with Crippen molar-refractivity contribution in [2.75, 3.05) is 19.6 Å². The van der Waals surface area contributed by atoms with Crippen molar-refractivity contribution in [2.24, 2.45) is 5.92 Å². The maximum atomic E-state index is 13.7. The molecule has 0 saturated carbocycles. The summed E-state index contributed by atoms with van der Waals surface area (Å²) in [5.74, 6) is 0.0616. The number of piperidine rings is 1. The van der Waals surface area contributed by atoms with E-state index >= 15 is 0 Å². The molecule has 6 heteroatoms. The third-order valence-corrected chi connectivity index (χ3v) is 5.48. The summed E-state index contributed by atoms with van der Waals surface area (Å²) in [6.07, 6.45) is 4.96. The van der Waals surface area contributed by atoms with E-state index < -0.39 is 0 Å². The van der Waals surface area contributed by atoms with Crippen molar-refractivity contribution in [3.05, 3.63) is 53.6 Å². The van der Waals surface area contributed by atoms with Crippen LogP contribution in [-0.2, 0) is 0 Å². The molecule has 2 aliphatic rings. The van der Waals surface area contributed by atoms with Crippen molar-refractivity contribution in [2.45, 2.75) is 38.3 Å². The van der Waals surface area contributed by atoms with Gasteiger partial charge in [0.05, 0.1) is 12.1 Å². The van der Waals surface area contributed by atoms with Crippen LogP contribution in [0.25, 0.3) is 0 Å². The van der Waals surface area contributed by atoms with Crippen LogP contribution in [0, 0.1) is 11.7 Å². The van der Waals surface area contributed by atoms with Crippen molar-refractivity contribution < 1.29 is 9.18 Å². The molecule has 5 nitrogen and oxygen atoms in total. The number of halogens is 1. The van der Waals surface area contributed by atoms with E-state index in [0.29, 0.717) is 24.2 Å². The second-order valence-electron chi connectivity index (χ2n) is 7.55. The first-order chi connectivity index (χ1) is 12.6. The molecule has 2 saturated heterocycles. The van der Waals surface area contributed by atoms with E-state index in [4.69, 9.17) is 0 Å². The van der Waals surface area contributed by atoms with E-state index in [1.165, 1.54) is 12.1 Å². The van der Waals surface area contributed by atoms with E-state index in [2.05, 4.69) is 17.3 Å². The van der Waals surface area contributed by atoms with Crippen LogP contribution in [0.4, 0.5) is 4.39 Å². The predicted molar refractivity (Wildman–Crippen MR) is 97.3 cm³/mol. The Morgan fingerprint density at radius 2 is 2.23 bits per heavy atom. The number of likely N-dealkylation sites (tertiary alicyclic amines) is 1. The molecule has 3 unspecified atom stereocenters. The Balaban J connectivity index is 1.55. The minimum absolute atomic E-state index is 0.0638. The first-order valence-electron chi connectivity index (χ1n) is 9.44. The molecule has 1 aromatic carbocycles. The molecular formula is C20H25FN4O. The summed E-state index contributed by atoms with van der Waals surface area (Å²) in [4.78, 5) is 15.0. The highest BCUT2D eigenvalue weighted by atomic mass is 19.1. The van der Waals surface area contributed by atoms with Gasteiger partial charge in [0.15, 0.2) is 0 Å². The number of carbonyl (C=O) groups excluding carboxylic acids is 1. The Kier molecular flexibility index (Phi) is 4.76. The number of nitrogens with zero attached hydrogens (tertiary/aromatic N) is 3. The van der Waals surface area contributed by atoms with Gasteiger partial charge in [-0.15, -0.1) is 0 Å². The van der Waals surface area contributed by atoms with Crippen molar-refractivity contribution in [3.63, 3.8) is 0 Å². The van der Waals surface area contributed by atoms with Gasteiger partial charge >= 0.3 is 0 Å². The maximum absolute atomic E-state index is 13.7. The highest BCUT2D eigenvalue weighted by molar-refractivity contribution is 5.92. The molecule has 2 aliphatic heterocycles. The van der Waals surface area contributed by atoms with Crippen LogP contribution in [0.15, 0.2) is 36.5 Å². The second-order valence-corrected chi connectivity index (χ2v) is 7.55. The number of hydrogen-bond donors (Lipinski definition) is 1. The number of carbonyl (C=O) groups is 1. The zero-order valence-electron chi connectivity index (χ0n) is 15.1. The minimum atomic E-state index is -0.261. The molecule has 0 spiro atoms. The van der Waals surface area contributed by atoms with Crippen LogP contribution in [-0.4, -0.2) is 40.2 Å². The van der Waals surface area contributed by atoms with Gasteiger partial charge in [0.25, 0.3) is 5.91 Å². The number of amides is 1. The molecule has 138 valence electrons. The Morgan fingerprint density at radius 1 is 1.35 bits per heavy atom. The number of nitrogens with one attached hydrogen (secondary N) is 1. The summed E-state index contributed by atoms with van der Waals surface area (Å²) < 4.78 is 15.6. The summed E-state index contributed by atoms with van der Waals surface area (Å²) in [7, 11) is 0. The van der Waals surface area contributed by atoms with E-state index in [9.17, 15) is 9.18 Å². The van der Waals surface area contributed by atoms with E-state index in [1.807, 2.05) is 27.9 Å². The second kappa shape index (κ2) is 7.19. The van der Waals surface area contributed by atoms with Gasteiger partial charge in [-0.25, -0.2) is 4.39 Å². The lowest BCUT2D eigenvalue weighted by Gasteiger charge is -2.25. The van der Waals surface area contributed by atoms with Crippen molar-refractivity contribution in [1.29, 1.82) is 0 Å². The average Bonchev–Trinajstić information content (AvgIpc) is 3.29. The van der Waals surface area contributed by atoms with E-state index in [0.717, 1.165) is 37.9 Å². The lowest BCUT2D eigenvalue weighted by molar-refractivity contribution is 0.0724. The molecular weight excluding hydrogens is 331 g/mol. The van der Waals surface area contributed by atoms with Crippen LogP contribution in [0.5, 0.6) is 0 Å². The summed E-state index contributed by atoms with van der Waals surface area (Å²) >= 11 is 0. The van der Waals surface area contributed by atoms with E-state index in [1.54, 1.807) is 6.07 Å². The molecule has 4 rings (SSSR count). The number of aromatic nitrogens is 2. The third-order valence-electron chi connectivity index (χ3n) is 5.48. The molecule has 3 atom stereocenters. The molecule has 0 aliphatic carbocycles. The Hall–Kier alpha value is -2.21. The first-order valence-corrected chi connectivity index (χ1v) is 9.44. The average molecular weight is 356 g/mol. The van der Waals surface area contributed by atoms with E-state index in [-0.39, 0.29) is 17.8 Å². The lowest BCUT2D eigenvalue weighted by Crippen LogP contribution is -2.33. The molecule has 26 heavy (non-hydrogen) atoms. The fraction of sp³-hybridized carbons (Fsp3) is 0.500. The van der Waals surface area contributed by atoms with Gasteiger partial charge in [-0.05, 0) is 55.5 Å². The van der Waals surface area contributed by atoms with Gasteiger partial charge in [0, 0.05) is 19.3 Å². The highest BCUT2D eigenvalue weighted by Gasteiger charge is 2.35. The molecule has 1 amide bonds. The van der Waals surface area contributed by atoms with Crippen molar-refractivity contribution in [3.8, 4) is 0 Å². The maximum Gasteiger partial charge on any atom is 0.274 e. The molecule has 1 N–H and O–H groups in total. The predicted octanol–water partition coefficient (Wildman–Crippen LogP) is 3.17. The summed E-state index contributed by atoms with van der Waals surface area (Å²) in [6, 6.07) is 8.61. The zero-order valence-corrected chi connectivity index (χ0v) is 15.1. The quantitative estimate of drug-likeness (QED) is 0.919. The fourth-order valence-corrected chi connectivity index (χ4v) is 4.16. The van der Waals surface area contributed by atoms with Gasteiger partial charge < -0.3 is 10.2 Å². The Morgan fingerprint density at radius 3 is 3.00 bits per heavy atom.